The number of imide groups is 1. The number of carbonyl (C=O) groups is 2. The van der Waals surface area contributed by atoms with Crippen LogP contribution in [0.4, 0.5) is 4.79 Å². The molecule has 6 heteroatoms. The number of halogens is 1. The second-order valence-corrected chi connectivity index (χ2v) is 7.84. The first-order valence-corrected chi connectivity index (χ1v) is 8.91. The molecule has 2 aliphatic heterocycles. The first kappa shape index (κ1) is 14.8. The van der Waals surface area contributed by atoms with E-state index in [1.165, 1.54) is 0 Å². The van der Waals surface area contributed by atoms with Crippen molar-refractivity contribution in [3.8, 4) is 0 Å². The number of thioether (sulfide) groups is 1. The fourth-order valence-corrected chi connectivity index (χ4v) is 5.00. The first-order chi connectivity index (χ1) is 11.1. The van der Waals surface area contributed by atoms with Gasteiger partial charge >= 0.3 is 6.03 Å². The summed E-state index contributed by atoms with van der Waals surface area (Å²) in [6.07, 6.45) is 0.530. The summed E-state index contributed by atoms with van der Waals surface area (Å²) in [7, 11) is 0. The van der Waals surface area contributed by atoms with Crippen LogP contribution in [-0.2, 0) is 10.3 Å². The van der Waals surface area contributed by atoms with Gasteiger partial charge in [-0.15, -0.1) is 11.8 Å². The van der Waals surface area contributed by atoms with Gasteiger partial charge < -0.3 is 5.32 Å². The minimum absolute atomic E-state index is 0.106. The highest BCUT2D eigenvalue weighted by molar-refractivity contribution is 9.10. The molecule has 2 aromatic carbocycles. The first-order valence-electron chi connectivity index (χ1n) is 7.24. The molecule has 2 unspecified atom stereocenters. The third-order valence-corrected chi connectivity index (χ3v) is 6.10. The predicted octanol–water partition coefficient (Wildman–Crippen LogP) is 3.72. The Morgan fingerprint density at radius 2 is 1.91 bits per heavy atom. The Balaban J connectivity index is 1.86. The molecule has 1 saturated heterocycles. The number of urea groups is 1. The molecule has 2 heterocycles. The third kappa shape index (κ3) is 2.37. The van der Waals surface area contributed by atoms with Crippen molar-refractivity contribution in [1.29, 1.82) is 0 Å². The van der Waals surface area contributed by atoms with E-state index >= 15 is 0 Å². The van der Waals surface area contributed by atoms with Gasteiger partial charge in [0, 0.05) is 26.6 Å². The van der Waals surface area contributed by atoms with E-state index in [1.807, 2.05) is 36.4 Å². The molecule has 1 spiro atoms. The van der Waals surface area contributed by atoms with Crippen LogP contribution in [0.1, 0.15) is 22.8 Å². The number of rotatable bonds is 1. The molecule has 2 atom stereocenters. The summed E-state index contributed by atoms with van der Waals surface area (Å²) in [5.41, 5.74) is 1.01. The Kier molecular flexibility index (Phi) is 3.46. The van der Waals surface area contributed by atoms with Gasteiger partial charge in [-0.2, -0.15) is 0 Å². The van der Waals surface area contributed by atoms with Crippen LogP contribution in [0, 0.1) is 0 Å². The second-order valence-electron chi connectivity index (χ2n) is 5.68. The number of hydrogen-bond donors (Lipinski definition) is 2. The molecule has 2 aromatic rings. The van der Waals surface area contributed by atoms with Gasteiger partial charge in [-0.25, -0.2) is 4.79 Å². The van der Waals surface area contributed by atoms with E-state index in [-0.39, 0.29) is 11.2 Å². The molecule has 0 aliphatic carbocycles. The Labute approximate surface area is 146 Å². The molecule has 2 N–H and O–H groups in total. The van der Waals surface area contributed by atoms with Crippen molar-refractivity contribution in [3.05, 3.63) is 64.1 Å². The van der Waals surface area contributed by atoms with Crippen LogP contribution in [-0.4, -0.2) is 11.9 Å². The SMILES string of the molecule is O=C1NC(=O)C2(CC(c3ccccc3)Sc3ccc(Br)cc32)N1. The molecule has 0 saturated carbocycles. The third-order valence-electron chi connectivity index (χ3n) is 4.28. The fraction of sp³-hybridized carbons (Fsp3) is 0.176. The minimum atomic E-state index is -0.998. The van der Waals surface area contributed by atoms with Crippen molar-refractivity contribution in [2.24, 2.45) is 0 Å². The van der Waals surface area contributed by atoms with Gasteiger partial charge in [0.25, 0.3) is 5.91 Å². The summed E-state index contributed by atoms with van der Waals surface area (Å²) >= 11 is 5.19. The predicted molar refractivity (Wildman–Crippen MR) is 92.2 cm³/mol. The van der Waals surface area contributed by atoms with Crippen molar-refractivity contribution >= 4 is 39.6 Å². The van der Waals surface area contributed by atoms with Gasteiger partial charge in [0.15, 0.2) is 0 Å². The average molecular weight is 389 g/mol. The molecule has 0 aromatic heterocycles. The van der Waals surface area contributed by atoms with Crippen molar-refractivity contribution in [2.45, 2.75) is 22.1 Å². The van der Waals surface area contributed by atoms with Crippen molar-refractivity contribution in [1.82, 2.24) is 10.6 Å². The van der Waals surface area contributed by atoms with Crippen LogP contribution in [0.2, 0.25) is 0 Å². The lowest BCUT2D eigenvalue weighted by Gasteiger charge is -2.37. The number of carbonyl (C=O) groups excluding carboxylic acids is 2. The summed E-state index contributed by atoms with van der Waals surface area (Å²) < 4.78 is 0.892. The van der Waals surface area contributed by atoms with Crippen LogP contribution in [0.25, 0.3) is 0 Å². The average Bonchev–Trinajstić information content (AvgIpc) is 2.83. The van der Waals surface area contributed by atoms with Gasteiger partial charge in [0.1, 0.15) is 5.54 Å². The summed E-state index contributed by atoms with van der Waals surface area (Å²) in [5.74, 6) is -0.275. The maximum atomic E-state index is 12.6. The van der Waals surface area contributed by atoms with E-state index in [0.29, 0.717) is 6.42 Å². The fourth-order valence-electron chi connectivity index (χ4n) is 3.20. The maximum Gasteiger partial charge on any atom is 0.322 e. The number of hydrogen-bond acceptors (Lipinski definition) is 3. The van der Waals surface area contributed by atoms with E-state index in [1.54, 1.807) is 11.8 Å². The van der Waals surface area contributed by atoms with Crippen molar-refractivity contribution in [2.75, 3.05) is 0 Å². The lowest BCUT2D eigenvalue weighted by atomic mass is 9.83. The van der Waals surface area contributed by atoms with Crippen LogP contribution < -0.4 is 10.6 Å². The maximum absolute atomic E-state index is 12.6. The van der Waals surface area contributed by atoms with Crippen LogP contribution in [0.5, 0.6) is 0 Å². The van der Waals surface area contributed by atoms with Gasteiger partial charge in [0.05, 0.1) is 0 Å². The van der Waals surface area contributed by atoms with Gasteiger partial charge in [-0.1, -0.05) is 46.3 Å². The normalized spacial score (nSPS) is 25.9. The van der Waals surface area contributed by atoms with E-state index in [2.05, 4.69) is 38.7 Å². The molecule has 0 radical (unpaired) electrons. The zero-order valence-corrected chi connectivity index (χ0v) is 14.4. The topological polar surface area (TPSA) is 58.2 Å². The highest BCUT2D eigenvalue weighted by atomic mass is 79.9. The molecular weight excluding hydrogens is 376 g/mol. The number of amides is 3. The molecule has 4 rings (SSSR count). The Morgan fingerprint density at radius 1 is 1.13 bits per heavy atom. The number of nitrogens with one attached hydrogen (secondary N) is 2. The molecular formula is C17H13BrN2O2S. The molecule has 23 heavy (non-hydrogen) atoms. The van der Waals surface area contributed by atoms with E-state index in [9.17, 15) is 9.59 Å². The zero-order chi connectivity index (χ0) is 16.0. The number of fused-ring (bicyclic) bond motifs is 2. The Hall–Kier alpha value is -1.79. The summed E-state index contributed by atoms with van der Waals surface area (Å²) in [5, 5.41) is 5.37. The Bertz CT molecular complexity index is 811. The standard InChI is InChI=1S/C17H13BrN2O2S/c18-11-6-7-13-12(8-11)17(15(21)19-16(22)20-17)9-14(23-13)10-4-2-1-3-5-10/h1-8,14H,9H2,(H2,19,20,21,22). The highest BCUT2D eigenvalue weighted by Gasteiger charge is 2.52. The lowest BCUT2D eigenvalue weighted by molar-refractivity contribution is -0.124. The quantitative estimate of drug-likeness (QED) is 0.731. The monoisotopic (exact) mass is 388 g/mol. The smallest absolute Gasteiger partial charge is 0.319 e. The molecule has 4 nitrogen and oxygen atoms in total. The summed E-state index contributed by atoms with van der Waals surface area (Å²) in [6.45, 7) is 0. The van der Waals surface area contributed by atoms with Crippen molar-refractivity contribution in [3.63, 3.8) is 0 Å². The summed E-state index contributed by atoms with van der Waals surface area (Å²) in [4.78, 5) is 25.4. The molecule has 0 bridgehead atoms. The highest BCUT2D eigenvalue weighted by Crippen LogP contribution is 2.52. The van der Waals surface area contributed by atoms with E-state index < -0.39 is 11.6 Å². The van der Waals surface area contributed by atoms with Crippen LogP contribution in [0.3, 0.4) is 0 Å². The van der Waals surface area contributed by atoms with Gasteiger partial charge in [0.2, 0.25) is 0 Å². The molecule has 1 fully saturated rings. The van der Waals surface area contributed by atoms with E-state index in [4.69, 9.17) is 0 Å². The lowest BCUT2D eigenvalue weighted by Crippen LogP contribution is -2.46. The van der Waals surface area contributed by atoms with Crippen molar-refractivity contribution < 1.29 is 9.59 Å². The molecule has 3 amide bonds. The number of benzene rings is 2. The van der Waals surface area contributed by atoms with Gasteiger partial charge in [-0.3, -0.25) is 10.1 Å². The summed E-state index contributed by atoms with van der Waals surface area (Å²) in [6, 6.07) is 15.5. The van der Waals surface area contributed by atoms with Gasteiger partial charge in [-0.05, 0) is 23.8 Å². The van der Waals surface area contributed by atoms with E-state index in [0.717, 1.165) is 20.5 Å². The molecule has 2 aliphatic rings. The van der Waals surface area contributed by atoms with Crippen LogP contribution >= 0.6 is 27.7 Å². The second kappa shape index (κ2) is 5.39. The van der Waals surface area contributed by atoms with Crippen LogP contribution in [0.15, 0.2) is 57.9 Å². The Morgan fingerprint density at radius 3 is 2.61 bits per heavy atom. The largest absolute Gasteiger partial charge is 0.322 e. The zero-order valence-electron chi connectivity index (χ0n) is 12.0. The molecule has 116 valence electrons. The minimum Gasteiger partial charge on any atom is -0.319 e.